The molecule has 0 radical (unpaired) electrons. The van der Waals surface area contributed by atoms with Crippen molar-refractivity contribution in [2.24, 2.45) is 5.92 Å². The van der Waals surface area contributed by atoms with Gasteiger partial charge in [0.25, 0.3) is 0 Å². The monoisotopic (exact) mass is 309 g/mol. The zero-order valence-electron chi connectivity index (χ0n) is 11.9. The van der Waals surface area contributed by atoms with Crippen LogP contribution in [-0.2, 0) is 12.8 Å². The number of benzene rings is 1. The van der Waals surface area contributed by atoms with Crippen LogP contribution in [0.25, 0.3) is 0 Å². The Hall–Kier alpha value is -1.06. The molecule has 0 aliphatic rings. The smallest absolute Gasteiger partial charge is 0.118 e. The van der Waals surface area contributed by atoms with Crippen molar-refractivity contribution in [3.8, 4) is 5.75 Å². The van der Waals surface area contributed by atoms with Gasteiger partial charge in [0.05, 0.1) is 18.3 Å². The Labute approximate surface area is 129 Å². The highest BCUT2D eigenvalue weighted by Crippen LogP contribution is 2.21. The fourth-order valence-electron chi connectivity index (χ4n) is 2.23. The number of hydrogen-bond donors (Lipinski definition) is 0. The van der Waals surface area contributed by atoms with Gasteiger partial charge in [-0.15, -0.1) is 22.9 Å². The number of aryl methyl sites for hydroxylation is 2. The molecule has 0 spiro atoms. The fourth-order valence-corrected chi connectivity index (χ4v) is 3.29. The van der Waals surface area contributed by atoms with Crippen molar-refractivity contribution in [2.75, 3.05) is 13.0 Å². The highest BCUT2D eigenvalue weighted by molar-refractivity contribution is 7.09. The van der Waals surface area contributed by atoms with Crippen molar-refractivity contribution in [3.05, 3.63) is 45.9 Å². The Morgan fingerprint density at radius 1 is 1.30 bits per heavy atom. The van der Waals surface area contributed by atoms with Crippen LogP contribution in [0.1, 0.15) is 22.6 Å². The molecule has 1 aromatic heterocycles. The van der Waals surface area contributed by atoms with E-state index in [1.807, 2.05) is 17.6 Å². The molecule has 0 bridgehead atoms. The first-order valence-corrected chi connectivity index (χ1v) is 8.22. The molecular formula is C16H20ClNOS. The van der Waals surface area contributed by atoms with E-state index >= 15 is 0 Å². The average Bonchev–Trinajstić information content (AvgIpc) is 2.89. The number of aromatic nitrogens is 1. The summed E-state index contributed by atoms with van der Waals surface area (Å²) in [6, 6.07) is 8.26. The maximum Gasteiger partial charge on any atom is 0.118 e. The first kappa shape index (κ1) is 15.3. The van der Waals surface area contributed by atoms with Gasteiger partial charge in [0.1, 0.15) is 5.75 Å². The number of halogens is 1. The molecule has 0 N–H and O–H groups in total. The van der Waals surface area contributed by atoms with Crippen molar-refractivity contribution in [2.45, 2.75) is 26.2 Å². The van der Waals surface area contributed by atoms with E-state index in [0.29, 0.717) is 11.8 Å². The SMILES string of the molecule is COc1ccc(CC(CCl)CCc2scnc2C)cc1. The van der Waals surface area contributed by atoms with Crippen LogP contribution < -0.4 is 4.74 Å². The maximum atomic E-state index is 6.12. The van der Waals surface area contributed by atoms with Crippen LogP contribution in [0.4, 0.5) is 0 Å². The van der Waals surface area contributed by atoms with Crippen LogP contribution in [-0.4, -0.2) is 18.0 Å². The Bertz CT molecular complexity index is 524. The Balaban J connectivity index is 1.89. The largest absolute Gasteiger partial charge is 0.497 e. The lowest BCUT2D eigenvalue weighted by molar-refractivity contribution is 0.414. The molecule has 1 heterocycles. The van der Waals surface area contributed by atoms with E-state index in [1.165, 1.54) is 10.4 Å². The molecule has 1 unspecified atom stereocenters. The quantitative estimate of drug-likeness (QED) is 0.703. The van der Waals surface area contributed by atoms with Crippen LogP contribution in [0, 0.1) is 12.8 Å². The number of alkyl halides is 1. The van der Waals surface area contributed by atoms with Crippen molar-refractivity contribution >= 4 is 22.9 Å². The van der Waals surface area contributed by atoms with Gasteiger partial charge in [-0.2, -0.15) is 0 Å². The summed E-state index contributed by atoms with van der Waals surface area (Å²) < 4.78 is 5.18. The topological polar surface area (TPSA) is 22.1 Å². The molecule has 4 heteroatoms. The molecule has 0 fully saturated rings. The summed E-state index contributed by atoms with van der Waals surface area (Å²) in [5, 5.41) is 0. The molecule has 108 valence electrons. The third-order valence-corrected chi connectivity index (χ3v) is 4.96. The number of thiazole rings is 1. The van der Waals surface area contributed by atoms with E-state index < -0.39 is 0 Å². The molecule has 2 aromatic rings. The molecule has 0 aliphatic heterocycles. The van der Waals surface area contributed by atoms with Gasteiger partial charge in [-0.05, 0) is 49.8 Å². The Morgan fingerprint density at radius 3 is 2.60 bits per heavy atom. The van der Waals surface area contributed by atoms with Crippen LogP contribution >= 0.6 is 22.9 Å². The summed E-state index contributed by atoms with van der Waals surface area (Å²) in [5.41, 5.74) is 4.40. The maximum absolute atomic E-state index is 6.12. The number of hydrogen-bond acceptors (Lipinski definition) is 3. The fraction of sp³-hybridized carbons (Fsp3) is 0.438. The highest BCUT2D eigenvalue weighted by atomic mass is 35.5. The third kappa shape index (κ3) is 4.22. The number of methoxy groups -OCH3 is 1. The molecule has 0 aliphatic carbocycles. The van der Waals surface area contributed by atoms with E-state index in [4.69, 9.17) is 16.3 Å². The van der Waals surface area contributed by atoms with Crippen molar-refractivity contribution in [3.63, 3.8) is 0 Å². The minimum absolute atomic E-state index is 0.506. The highest BCUT2D eigenvalue weighted by Gasteiger charge is 2.11. The van der Waals surface area contributed by atoms with Gasteiger partial charge < -0.3 is 4.74 Å². The lowest BCUT2D eigenvalue weighted by Gasteiger charge is -2.14. The molecule has 0 saturated heterocycles. The predicted octanol–water partition coefficient (Wildman–Crippen LogP) is 4.49. The molecule has 1 aromatic carbocycles. The van der Waals surface area contributed by atoms with E-state index in [9.17, 15) is 0 Å². The van der Waals surface area contributed by atoms with Crippen molar-refractivity contribution in [1.29, 1.82) is 0 Å². The Kier molecular flexibility index (Phi) is 5.86. The summed E-state index contributed by atoms with van der Waals surface area (Å²) in [7, 11) is 1.69. The van der Waals surface area contributed by atoms with Crippen LogP contribution in [0.15, 0.2) is 29.8 Å². The van der Waals surface area contributed by atoms with E-state index in [-0.39, 0.29) is 0 Å². The van der Waals surface area contributed by atoms with E-state index in [2.05, 4.69) is 24.0 Å². The second kappa shape index (κ2) is 7.65. The van der Waals surface area contributed by atoms with E-state index in [1.54, 1.807) is 18.4 Å². The van der Waals surface area contributed by atoms with Crippen LogP contribution in [0.5, 0.6) is 5.75 Å². The molecule has 20 heavy (non-hydrogen) atoms. The minimum Gasteiger partial charge on any atom is -0.497 e. The molecule has 2 rings (SSSR count). The number of rotatable bonds is 7. The molecule has 2 nitrogen and oxygen atoms in total. The van der Waals surface area contributed by atoms with Gasteiger partial charge in [-0.25, -0.2) is 4.98 Å². The van der Waals surface area contributed by atoms with Crippen molar-refractivity contribution < 1.29 is 4.74 Å². The predicted molar refractivity (Wildman–Crippen MR) is 86.1 cm³/mol. The lowest BCUT2D eigenvalue weighted by atomic mass is 9.96. The van der Waals surface area contributed by atoms with Gasteiger partial charge in [0.15, 0.2) is 0 Å². The summed E-state index contributed by atoms with van der Waals surface area (Å²) in [4.78, 5) is 5.68. The van der Waals surface area contributed by atoms with Gasteiger partial charge in [0.2, 0.25) is 0 Å². The third-order valence-electron chi connectivity index (χ3n) is 3.53. The van der Waals surface area contributed by atoms with Gasteiger partial charge in [-0.3, -0.25) is 0 Å². The van der Waals surface area contributed by atoms with Crippen molar-refractivity contribution in [1.82, 2.24) is 4.98 Å². The Morgan fingerprint density at radius 2 is 2.05 bits per heavy atom. The van der Waals surface area contributed by atoms with E-state index in [0.717, 1.165) is 30.7 Å². The molecular weight excluding hydrogens is 290 g/mol. The van der Waals surface area contributed by atoms with Crippen LogP contribution in [0.3, 0.4) is 0 Å². The zero-order chi connectivity index (χ0) is 14.4. The zero-order valence-corrected chi connectivity index (χ0v) is 13.5. The summed E-state index contributed by atoms with van der Waals surface area (Å²) >= 11 is 7.86. The first-order valence-electron chi connectivity index (χ1n) is 6.80. The normalized spacial score (nSPS) is 12.3. The molecule has 1 atom stereocenters. The summed E-state index contributed by atoms with van der Waals surface area (Å²) in [6.45, 7) is 2.07. The molecule has 0 amide bonds. The second-order valence-electron chi connectivity index (χ2n) is 4.97. The summed E-state index contributed by atoms with van der Waals surface area (Å²) in [6.07, 6.45) is 3.20. The standard InChI is InChI=1S/C16H20ClNOS/c1-12-16(20-11-18-12)8-5-14(10-17)9-13-3-6-15(19-2)7-4-13/h3-4,6-7,11,14H,5,8-10H2,1-2H3. The minimum atomic E-state index is 0.506. The van der Waals surface area contributed by atoms with Crippen LogP contribution in [0.2, 0.25) is 0 Å². The van der Waals surface area contributed by atoms with Gasteiger partial charge in [0, 0.05) is 10.8 Å². The van der Waals surface area contributed by atoms with Gasteiger partial charge >= 0.3 is 0 Å². The second-order valence-corrected chi connectivity index (χ2v) is 6.22. The number of nitrogens with zero attached hydrogens (tertiary/aromatic N) is 1. The van der Waals surface area contributed by atoms with Gasteiger partial charge in [-0.1, -0.05) is 12.1 Å². The summed E-state index contributed by atoms with van der Waals surface area (Å²) in [5.74, 6) is 2.10. The average molecular weight is 310 g/mol. The molecule has 0 saturated carbocycles. The number of ether oxygens (including phenoxy) is 1. The lowest BCUT2D eigenvalue weighted by Crippen LogP contribution is -2.08. The first-order chi connectivity index (χ1) is 9.72.